The fraction of sp³-hybridized carbons (Fsp3) is 0.0435. The van der Waals surface area contributed by atoms with Crippen LogP contribution in [0.3, 0.4) is 0 Å². The molecule has 4 aromatic rings. The first-order valence-electron chi connectivity index (χ1n) is 9.69. The van der Waals surface area contributed by atoms with E-state index in [4.69, 9.17) is 4.98 Å². The van der Waals surface area contributed by atoms with Crippen molar-refractivity contribution in [3.63, 3.8) is 0 Å². The lowest BCUT2D eigenvalue weighted by Gasteiger charge is -2.14. The van der Waals surface area contributed by atoms with Crippen LogP contribution in [-0.2, 0) is 11.8 Å². The third-order valence-electron chi connectivity index (χ3n) is 4.48. The van der Waals surface area contributed by atoms with Crippen LogP contribution in [0.5, 0.6) is 0 Å². The van der Waals surface area contributed by atoms with Crippen molar-refractivity contribution in [1.82, 2.24) is 19.7 Å². The van der Waals surface area contributed by atoms with Crippen molar-refractivity contribution >= 4 is 50.7 Å². The van der Waals surface area contributed by atoms with Gasteiger partial charge in [-0.1, -0.05) is 40.7 Å². The fourth-order valence-electron chi connectivity index (χ4n) is 3.00. The molecule has 0 bridgehead atoms. The largest absolute Gasteiger partial charge is 0.339 e. The first kappa shape index (κ1) is 21.3. The van der Waals surface area contributed by atoms with Crippen LogP contribution in [-0.4, -0.2) is 25.7 Å². The summed E-state index contributed by atoms with van der Waals surface area (Å²) in [5.41, 5.74) is 3.97. The van der Waals surface area contributed by atoms with Crippen LogP contribution >= 0.6 is 15.9 Å². The van der Waals surface area contributed by atoms with Crippen LogP contribution in [0, 0.1) is 0 Å². The molecule has 9 heteroatoms. The molecule has 0 aliphatic carbocycles. The quantitative estimate of drug-likeness (QED) is 0.306. The highest BCUT2D eigenvalue weighted by molar-refractivity contribution is 9.10. The minimum absolute atomic E-state index is 0.275. The van der Waals surface area contributed by atoms with Gasteiger partial charge in [0.1, 0.15) is 5.82 Å². The molecule has 2 aromatic carbocycles. The van der Waals surface area contributed by atoms with E-state index in [1.54, 1.807) is 23.1 Å². The summed E-state index contributed by atoms with van der Waals surface area (Å²) in [4.78, 5) is 20.8. The molecule has 0 atom stereocenters. The Hall–Kier alpha value is -3.98. The van der Waals surface area contributed by atoms with Gasteiger partial charge < -0.3 is 16.0 Å². The number of nitrogens with one attached hydrogen (secondary N) is 3. The molecule has 3 N–H and O–H groups in total. The molecule has 8 nitrogen and oxygen atoms in total. The molecular weight excluding hydrogens is 470 g/mol. The van der Waals surface area contributed by atoms with Gasteiger partial charge in [0, 0.05) is 40.9 Å². The number of aryl methyl sites for hydroxylation is 1. The maximum atomic E-state index is 11.6. The highest BCUT2D eigenvalue weighted by Crippen LogP contribution is 2.31. The molecule has 160 valence electrons. The second kappa shape index (κ2) is 9.44. The van der Waals surface area contributed by atoms with Gasteiger partial charge in [-0.3, -0.25) is 9.48 Å². The van der Waals surface area contributed by atoms with E-state index >= 15 is 0 Å². The third-order valence-corrected chi connectivity index (χ3v) is 5.01. The van der Waals surface area contributed by atoms with Crippen molar-refractivity contribution < 1.29 is 4.79 Å². The summed E-state index contributed by atoms with van der Waals surface area (Å²) in [5, 5.41) is 13.4. The standard InChI is InChI=1S/C23H20BrN7O/c1-3-21(32)27-17-5-4-6-18(11-17)28-22-20(15-7-9-16(24)10-8-15)13-25-23(30-22)29-19-12-26-31(2)14-19/h3-14H,1H2,2H3,(H,27,32)(H2,25,28,29,30). The van der Waals surface area contributed by atoms with Crippen LogP contribution in [0.15, 0.2) is 84.2 Å². The van der Waals surface area contributed by atoms with Gasteiger partial charge in [-0.15, -0.1) is 0 Å². The Labute approximate surface area is 193 Å². The van der Waals surface area contributed by atoms with Crippen LogP contribution in [0.25, 0.3) is 11.1 Å². The number of hydrogen-bond donors (Lipinski definition) is 3. The molecule has 0 unspecified atom stereocenters. The Morgan fingerprint density at radius 3 is 2.56 bits per heavy atom. The predicted octanol–water partition coefficient (Wildman–Crippen LogP) is 5.25. The van der Waals surface area contributed by atoms with E-state index < -0.39 is 0 Å². The molecular formula is C23H20BrN7O. The first-order chi connectivity index (χ1) is 15.5. The molecule has 0 radical (unpaired) electrons. The van der Waals surface area contributed by atoms with Crippen molar-refractivity contribution in [3.05, 3.63) is 84.2 Å². The molecule has 2 aromatic heterocycles. The second-order valence-corrected chi connectivity index (χ2v) is 7.81. The number of carbonyl (C=O) groups excluding carboxylic acids is 1. The monoisotopic (exact) mass is 489 g/mol. The molecule has 0 aliphatic heterocycles. The molecule has 32 heavy (non-hydrogen) atoms. The zero-order valence-electron chi connectivity index (χ0n) is 17.2. The van der Waals surface area contributed by atoms with Crippen LogP contribution in [0.4, 0.5) is 28.8 Å². The Kier molecular flexibility index (Phi) is 6.27. The Balaban J connectivity index is 1.69. The number of carbonyl (C=O) groups is 1. The lowest BCUT2D eigenvalue weighted by atomic mass is 10.1. The van der Waals surface area contributed by atoms with Gasteiger partial charge in [-0.05, 0) is 42.0 Å². The van der Waals surface area contributed by atoms with E-state index in [0.29, 0.717) is 17.5 Å². The van der Waals surface area contributed by atoms with E-state index in [9.17, 15) is 4.79 Å². The summed E-state index contributed by atoms with van der Waals surface area (Å²) in [6.45, 7) is 3.48. The summed E-state index contributed by atoms with van der Waals surface area (Å²) in [6, 6.07) is 15.3. The molecule has 4 rings (SSSR count). The average Bonchev–Trinajstić information content (AvgIpc) is 3.19. The number of benzene rings is 2. The van der Waals surface area contributed by atoms with Crippen molar-refractivity contribution in [1.29, 1.82) is 0 Å². The van der Waals surface area contributed by atoms with Gasteiger partial charge in [0.15, 0.2) is 0 Å². The van der Waals surface area contributed by atoms with Gasteiger partial charge in [0.05, 0.1) is 11.9 Å². The van der Waals surface area contributed by atoms with Crippen LogP contribution in [0.2, 0.25) is 0 Å². The second-order valence-electron chi connectivity index (χ2n) is 6.89. The summed E-state index contributed by atoms with van der Waals surface area (Å²) >= 11 is 3.47. The van der Waals surface area contributed by atoms with Gasteiger partial charge in [-0.2, -0.15) is 10.1 Å². The number of hydrogen-bond acceptors (Lipinski definition) is 6. The highest BCUT2D eigenvalue weighted by atomic mass is 79.9. The molecule has 0 saturated carbocycles. The number of nitrogens with zero attached hydrogens (tertiary/aromatic N) is 4. The predicted molar refractivity (Wildman–Crippen MR) is 130 cm³/mol. The number of rotatable bonds is 7. The normalized spacial score (nSPS) is 10.4. The number of halogens is 1. The fourth-order valence-corrected chi connectivity index (χ4v) is 3.26. The minimum atomic E-state index is -0.275. The number of anilines is 5. The zero-order chi connectivity index (χ0) is 22.5. The molecule has 0 spiro atoms. The maximum absolute atomic E-state index is 11.6. The summed E-state index contributed by atoms with van der Waals surface area (Å²) in [5.74, 6) is 0.765. The Bertz CT molecular complexity index is 1270. The van der Waals surface area contributed by atoms with Gasteiger partial charge in [-0.25, -0.2) is 4.98 Å². The first-order valence-corrected chi connectivity index (χ1v) is 10.5. The topological polar surface area (TPSA) is 96.8 Å². The average molecular weight is 490 g/mol. The van der Waals surface area contributed by atoms with Crippen molar-refractivity contribution in [2.45, 2.75) is 0 Å². The van der Waals surface area contributed by atoms with Gasteiger partial charge in [0.25, 0.3) is 0 Å². The van der Waals surface area contributed by atoms with Crippen molar-refractivity contribution in [3.8, 4) is 11.1 Å². The number of aromatic nitrogens is 4. The van der Waals surface area contributed by atoms with E-state index in [2.05, 4.69) is 48.5 Å². The molecule has 1 amide bonds. The van der Waals surface area contributed by atoms with Crippen molar-refractivity contribution in [2.75, 3.05) is 16.0 Å². The maximum Gasteiger partial charge on any atom is 0.247 e. The highest BCUT2D eigenvalue weighted by Gasteiger charge is 2.12. The summed E-state index contributed by atoms with van der Waals surface area (Å²) in [7, 11) is 1.84. The smallest absolute Gasteiger partial charge is 0.247 e. The van der Waals surface area contributed by atoms with Crippen LogP contribution < -0.4 is 16.0 Å². The van der Waals surface area contributed by atoms with Crippen molar-refractivity contribution in [2.24, 2.45) is 7.05 Å². The zero-order valence-corrected chi connectivity index (χ0v) is 18.8. The molecule has 0 saturated heterocycles. The Morgan fingerprint density at radius 2 is 1.84 bits per heavy atom. The molecule has 0 fully saturated rings. The summed E-state index contributed by atoms with van der Waals surface area (Å²) in [6.07, 6.45) is 6.53. The lowest BCUT2D eigenvalue weighted by molar-refractivity contribution is -0.111. The number of amides is 1. The Morgan fingerprint density at radius 1 is 1.06 bits per heavy atom. The van der Waals surface area contributed by atoms with Gasteiger partial charge >= 0.3 is 0 Å². The molecule has 0 aliphatic rings. The lowest BCUT2D eigenvalue weighted by Crippen LogP contribution is -2.07. The van der Waals surface area contributed by atoms with E-state index in [-0.39, 0.29) is 5.91 Å². The minimum Gasteiger partial charge on any atom is -0.339 e. The van der Waals surface area contributed by atoms with Gasteiger partial charge in [0.2, 0.25) is 11.9 Å². The summed E-state index contributed by atoms with van der Waals surface area (Å²) < 4.78 is 2.68. The SMILES string of the molecule is C=CC(=O)Nc1cccc(Nc2nc(Nc3cnn(C)c3)ncc2-c2ccc(Br)cc2)c1. The van der Waals surface area contributed by atoms with Crippen LogP contribution in [0.1, 0.15) is 0 Å². The molecule has 2 heterocycles. The third kappa shape index (κ3) is 5.19. The van der Waals surface area contributed by atoms with E-state index in [1.807, 2.05) is 55.7 Å². The van der Waals surface area contributed by atoms with E-state index in [1.165, 1.54) is 6.08 Å². The van der Waals surface area contributed by atoms with E-state index in [0.717, 1.165) is 27.0 Å².